The molecule has 0 aliphatic heterocycles. The van der Waals surface area contributed by atoms with Crippen molar-refractivity contribution >= 4 is 27.7 Å². The average molecular weight is 243 g/mol. The first kappa shape index (κ1) is 9.87. The fourth-order valence-electron chi connectivity index (χ4n) is 0.965. The number of halogens is 1. The monoisotopic (exact) mass is 242 g/mol. The molecule has 1 aromatic carbocycles. The number of benzene rings is 1. The van der Waals surface area contributed by atoms with Gasteiger partial charge in [-0.2, -0.15) is 0 Å². The quantitative estimate of drug-likeness (QED) is 0.726. The molecule has 12 heavy (non-hydrogen) atoms. The molecule has 0 aliphatic carbocycles. The fraction of sp³-hybridized carbons (Fsp3) is 0.200. The lowest BCUT2D eigenvalue weighted by atomic mass is 10.1. The maximum Gasteiger partial charge on any atom is 0.00693 e. The molecule has 0 saturated heterocycles. The molecule has 0 amide bonds. The van der Waals surface area contributed by atoms with Gasteiger partial charge in [0.05, 0.1) is 0 Å². The van der Waals surface area contributed by atoms with E-state index in [9.17, 15) is 0 Å². The van der Waals surface area contributed by atoms with Crippen LogP contribution in [-0.2, 0) is 6.42 Å². The van der Waals surface area contributed by atoms with Gasteiger partial charge < -0.3 is 0 Å². The summed E-state index contributed by atoms with van der Waals surface area (Å²) in [7, 11) is 0. The summed E-state index contributed by atoms with van der Waals surface area (Å²) in [6.45, 7) is 3.80. The van der Waals surface area contributed by atoms with E-state index in [0.717, 1.165) is 10.9 Å². The first-order valence-corrected chi connectivity index (χ1v) is 5.70. The van der Waals surface area contributed by atoms with E-state index in [2.05, 4.69) is 53.0 Å². The van der Waals surface area contributed by atoms with E-state index in [0.29, 0.717) is 0 Å². The number of thioether (sulfide) groups is 1. The van der Waals surface area contributed by atoms with Gasteiger partial charge in [-0.15, -0.1) is 11.8 Å². The molecule has 0 heterocycles. The van der Waals surface area contributed by atoms with E-state index < -0.39 is 0 Å². The summed E-state index contributed by atoms with van der Waals surface area (Å²) in [4.78, 5) is 1.30. The molecule has 0 saturated carbocycles. The molecule has 0 aliphatic rings. The van der Waals surface area contributed by atoms with E-state index in [1.54, 1.807) is 11.8 Å². The Kier molecular flexibility index (Phi) is 3.89. The highest BCUT2D eigenvalue weighted by molar-refractivity contribution is 9.11. The smallest absolute Gasteiger partial charge is 0.00693 e. The predicted octanol–water partition coefficient (Wildman–Crippen LogP) is 3.86. The van der Waals surface area contributed by atoms with E-state index in [1.807, 2.05) is 0 Å². The molecular formula is C10H11BrS. The first-order chi connectivity index (χ1) is 5.72. The third kappa shape index (κ3) is 3.03. The minimum absolute atomic E-state index is 0.911. The normalized spacial score (nSPS) is 9.83. The summed E-state index contributed by atoms with van der Waals surface area (Å²) in [5.41, 5.74) is 1.30. The largest absolute Gasteiger partial charge is 0.130 e. The van der Waals surface area contributed by atoms with Crippen LogP contribution >= 0.6 is 27.7 Å². The molecule has 0 unspecified atom stereocenters. The third-order valence-corrected chi connectivity index (χ3v) is 2.58. The van der Waals surface area contributed by atoms with E-state index in [-0.39, 0.29) is 0 Å². The summed E-state index contributed by atoms with van der Waals surface area (Å²) in [5, 5.41) is 0. The Morgan fingerprint density at radius 3 is 2.42 bits per heavy atom. The molecule has 0 spiro atoms. The second kappa shape index (κ2) is 4.73. The molecule has 1 rings (SSSR count). The van der Waals surface area contributed by atoms with Gasteiger partial charge in [-0.3, -0.25) is 0 Å². The van der Waals surface area contributed by atoms with Crippen LogP contribution in [0.5, 0.6) is 0 Å². The van der Waals surface area contributed by atoms with Crippen molar-refractivity contribution in [1.82, 2.24) is 0 Å². The fourth-order valence-corrected chi connectivity index (χ4v) is 1.70. The van der Waals surface area contributed by atoms with Crippen LogP contribution in [0, 0.1) is 0 Å². The lowest BCUT2D eigenvalue weighted by Gasteiger charge is -2.00. The van der Waals surface area contributed by atoms with Gasteiger partial charge in [0.15, 0.2) is 0 Å². The molecule has 0 radical (unpaired) electrons. The minimum atomic E-state index is 0.911. The molecule has 0 nitrogen and oxygen atoms in total. The standard InChI is InChI=1S/C10H11BrS/c1-8(11)7-9-3-5-10(12-2)6-4-9/h3-6H,1,7H2,2H3. The van der Waals surface area contributed by atoms with Gasteiger partial charge in [0.2, 0.25) is 0 Å². The molecule has 2 heteroatoms. The summed E-state index contributed by atoms with van der Waals surface area (Å²) >= 11 is 5.11. The molecule has 0 aromatic heterocycles. The third-order valence-electron chi connectivity index (χ3n) is 1.55. The Labute approximate surface area is 86.2 Å². The molecule has 64 valence electrons. The highest BCUT2D eigenvalue weighted by Crippen LogP contribution is 2.17. The maximum absolute atomic E-state index is 3.80. The van der Waals surface area contributed by atoms with Crippen LogP contribution in [-0.4, -0.2) is 6.26 Å². The second-order valence-electron chi connectivity index (χ2n) is 2.54. The average Bonchev–Trinajstić information content (AvgIpc) is 2.05. The van der Waals surface area contributed by atoms with E-state index in [1.165, 1.54) is 10.5 Å². The van der Waals surface area contributed by atoms with Gasteiger partial charge in [-0.25, -0.2) is 0 Å². The van der Waals surface area contributed by atoms with Crippen LogP contribution < -0.4 is 0 Å². The van der Waals surface area contributed by atoms with Crippen LogP contribution in [0.25, 0.3) is 0 Å². The molecule has 0 N–H and O–H groups in total. The van der Waals surface area contributed by atoms with Gasteiger partial charge in [0.1, 0.15) is 0 Å². The van der Waals surface area contributed by atoms with Crippen molar-refractivity contribution in [3.8, 4) is 0 Å². The van der Waals surface area contributed by atoms with Gasteiger partial charge in [-0.1, -0.05) is 34.6 Å². The van der Waals surface area contributed by atoms with Crippen molar-refractivity contribution in [2.45, 2.75) is 11.3 Å². The first-order valence-electron chi connectivity index (χ1n) is 3.68. The lowest BCUT2D eigenvalue weighted by molar-refractivity contribution is 1.24. The zero-order valence-electron chi connectivity index (χ0n) is 7.01. The van der Waals surface area contributed by atoms with Gasteiger partial charge in [0, 0.05) is 11.3 Å². The van der Waals surface area contributed by atoms with E-state index >= 15 is 0 Å². The van der Waals surface area contributed by atoms with Crippen molar-refractivity contribution in [3.05, 3.63) is 40.9 Å². The minimum Gasteiger partial charge on any atom is -0.130 e. The molecule has 1 aromatic rings. The summed E-state index contributed by atoms with van der Waals surface area (Å²) in [6, 6.07) is 8.54. The van der Waals surface area contributed by atoms with Crippen molar-refractivity contribution in [3.63, 3.8) is 0 Å². The lowest BCUT2D eigenvalue weighted by Crippen LogP contribution is -1.82. The molecule has 0 fully saturated rings. The molecular weight excluding hydrogens is 232 g/mol. The van der Waals surface area contributed by atoms with Gasteiger partial charge in [0.25, 0.3) is 0 Å². The summed E-state index contributed by atoms with van der Waals surface area (Å²) in [5.74, 6) is 0. The zero-order chi connectivity index (χ0) is 8.97. The van der Waals surface area contributed by atoms with Crippen LogP contribution in [0.4, 0.5) is 0 Å². The highest BCUT2D eigenvalue weighted by atomic mass is 79.9. The Balaban J connectivity index is 2.71. The zero-order valence-corrected chi connectivity index (χ0v) is 9.41. The number of hydrogen-bond donors (Lipinski definition) is 0. The predicted molar refractivity (Wildman–Crippen MR) is 60.0 cm³/mol. The van der Waals surface area contributed by atoms with Gasteiger partial charge >= 0.3 is 0 Å². The molecule has 0 bridgehead atoms. The van der Waals surface area contributed by atoms with Crippen LogP contribution in [0.1, 0.15) is 5.56 Å². The maximum atomic E-state index is 3.80. The molecule has 0 atom stereocenters. The Hall–Kier alpha value is -0.210. The van der Waals surface area contributed by atoms with Crippen LogP contribution in [0.15, 0.2) is 40.2 Å². The van der Waals surface area contributed by atoms with Crippen molar-refractivity contribution in [2.24, 2.45) is 0 Å². The Morgan fingerprint density at radius 2 is 2.00 bits per heavy atom. The van der Waals surface area contributed by atoms with Crippen molar-refractivity contribution in [1.29, 1.82) is 0 Å². The number of hydrogen-bond acceptors (Lipinski definition) is 1. The van der Waals surface area contributed by atoms with Crippen LogP contribution in [0.3, 0.4) is 0 Å². The van der Waals surface area contributed by atoms with Crippen LogP contribution in [0.2, 0.25) is 0 Å². The Morgan fingerprint density at radius 1 is 1.42 bits per heavy atom. The van der Waals surface area contributed by atoms with Crippen molar-refractivity contribution in [2.75, 3.05) is 6.26 Å². The summed E-state index contributed by atoms with van der Waals surface area (Å²) < 4.78 is 1.03. The van der Waals surface area contributed by atoms with Gasteiger partial charge in [-0.05, 0) is 28.4 Å². The van der Waals surface area contributed by atoms with Crippen molar-refractivity contribution < 1.29 is 0 Å². The van der Waals surface area contributed by atoms with E-state index in [4.69, 9.17) is 0 Å². The highest BCUT2D eigenvalue weighted by Gasteiger charge is 1.94. The Bertz CT molecular complexity index is 264. The second-order valence-corrected chi connectivity index (χ2v) is 4.54. The number of rotatable bonds is 3. The SMILES string of the molecule is C=C(Br)Cc1ccc(SC)cc1. The summed E-state index contributed by atoms with van der Waals surface area (Å²) in [6.07, 6.45) is 2.99. The topological polar surface area (TPSA) is 0 Å². The number of allylic oxidation sites excluding steroid dienone is 1.